The molecule has 2 heterocycles. The van der Waals surface area contributed by atoms with Gasteiger partial charge in [-0.2, -0.15) is 5.10 Å². The maximum atomic E-state index is 12.0. The van der Waals surface area contributed by atoms with Gasteiger partial charge in [0.25, 0.3) is 0 Å². The molecule has 0 spiro atoms. The molecule has 128 valence electrons. The lowest BCUT2D eigenvalue weighted by molar-refractivity contribution is -0.111. The lowest BCUT2D eigenvalue weighted by Gasteiger charge is -2.26. The van der Waals surface area contributed by atoms with Crippen molar-refractivity contribution in [1.82, 2.24) is 14.3 Å². The van der Waals surface area contributed by atoms with E-state index in [-0.39, 0.29) is 5.91 Å². The Morgan fingerprint density at radius 1 is 1.29 bits per heavy atom. The maximum absolute atomic E-state index is 12.0. The molecule has 5 nitrogen and oxygen atoms in total. The Hall–Kier alpha value is -2.30. The molecule has 1 saturated carbocycles. The quantitative estimate of drug-likeness (QED) is 0.864. The molecule has 3 rings (SSSR count). The van der Waals surface area contributed by atoms with Crippen LogP contribution in [0.5, 0.6) is 0 Å². The second kappa shape index (κ2) is 7.07. The standard InChI is InChI=1S/C19H26N4O/c1-14-13-16(15(2)23(14)17-7-5-4-6-8-17)9-10-19(24)20-18-11-12-22(3)21-18/h9-13,17H,4-8H2,1-3H3,(H,20,21,24)/b10-9-. The van der Waals surface area contributed by atoms with Crippen LogP contribution >= 0.6 is 0 Å². The Morgan fingerprint density at radius 2 is 2.04 bits per heavy atom. The van der Waals surface area contributed by atoms with E-state index < -0.39 is 0 Å². The first-order chi connectivity index (χ1) is 11.5. The summed E-state index contributed by atoms with van der Waals surface area (Å²) in [5, 5.41) is 6.92. The Morgan fingerprint density at radius 3 is 2.71 bits per heavy atom. The molecular formula is C19H26N4O. The molecule has 0 unspecified atom stereocenters. The van der Waals surface area contributed by atoms with Crippen LogP contribution in [0, 0.1) is 13.8 Å². The first kappa shape index (κ1) is 16.6. The number of nitrogens with one attached hydrogen (secondary N) is 1. The number of amides is 1. The van der Waals surface area contributed by atoms with Gasteiger partial charge < -0.3 is 9.88 Å². The summed E-state index contributed by atoms with van der Waals surface area (Å²) in [4.78, 5) is 12.0. The summed E-state index contributed by atoms with van der Waals surface area (Å²) in [5.41, 5.74) is 3.65. The fraction of sp³-hybridized carbons (Fsp3) is 0.474. The molecule has 2 aromatic rings. The molecule has 0 radical (unpaired) electrons. The van der Waals surface area contributed by atoms with Gasteiger partial charge in [0.1, 0.15) is 0 Å². The number of carbonyl (C=O) groups excluding carboxylic acids is 1. The van der Waals surface area contributed by atoms with E-state index in [1.165, 1.54) is 43.5 Å². The molecule has 1 aliphatic carbocycles. The Kier molecular flexibility index (Phi) is 4.88. The number of carbonyl (C=O) groups is 1. The van der Waals surface area contributed by atoms with Crippen LogP contribution in [0.1, 0.15) is 55.1 Å². The van der Waals surface area contributed by atoms with Crippen LogP contribution < -0.4 is 5.32 Å². The van der Waals surface area contributed by atoms with Crippen molar-refractivity contribution >= 4 is 17.8 Å². The highest BCUT2D eigenvalue weighted by Crippen LogP contribution is 2.32. The summed E-state index contributed by atoms with van der Waals surface area (Å²) in [6, 6.07) is 4.57. The van der Waals surface area contributed by atoms with Gasteiger partial charge in [-0.05, 0) is 44.4 Å². The molecule has 1 amide bonds. The van der Waals surface area contributed by atoms with E-state index in [4.69, 9.17) is 0 Å². The minimum absolute atomic E-state index is 0.156. The maximum Gasteiger partial charge on any atom is 0.249 e. The molecule has 2 aromatic heterocycles. The Labute approximate surface area is 143 Å². The van der Waals surface area contributed by atoms with Crippen LogP contribution in [0.2, 0.25) is 0 Å². The summed E-state index contributed by atoms with van der Waals surface area (Å²) in [7, 11) is 1.83. The van der Waals surface area contributed by atoms with Gasteiger partial charge in [-0.1, -0.05) is 19.3 Å². The van der Waals surface area contributed by atoms with Gasteiger partial charge in [-0.3, -0.25) is 9.48 Å². The van der Waals surface area contributed by atoms with Crippen LogP contribution in [0.25, 0.3) is 6.08 Å². The van der Waals surface area contributed by atoms with Crippen molar-refractivity contribution in [2.24, 2.45) is 7.05 Å². The van der Waals surface area contributed by atoms with Crippen molar-refractivity contribution < 1.29 is 4.79 Å². The largest absolute Gasteiger partial charge is 0.346 e. The van der Waals surface area contributed by atoms with Gasteiger partial charge in [-0.15, -0.1) is 0 Å². The zero-order chi connectivity index (χ0) is 17.1. The number of hydrogen-bond acceptors (Lipinski definition) is 2. The normalized spacial score (nSPS) is 16.0. The molecule has 24 heavy (non-hydrogen) atoms. The van der Waals surface area contributed by atoms with Gasteiger partial charge in [0, 0.05) is 42.8 Å². The van der Waals surface area contributed by atoms with E-state index in [1.807, 2.05) is 13.1 Å². The first-order valence-corrected chi connectivity index (χ1v) is 8.72. The summed E-state index contributed by atoms with van der Waals surface area (Å²) in [6.45, 7) is 4.31. The smallest absolute Gasteiger partial charge is 0.249 e. The number of hydrogen-bond donors (Lipinski definition) is 1. The number of anilines is 1. The van der Waals surface area contributed by atoms with Crippen molar-refractivity contribution in [2.45, 2.75) is 52.0 Å². The van der Waals surface area contributed by atoms with E-state index >= 15 is 0 Å². The van der Waals surface area contributed by atoms with Crippen LogP contribution in [0.3, 0.4) is 0 Å². The highest BCUT2D eigenvalue weighted by Gasteiger charge is 2.19. The SMILES string of the molecule is Cc1cc(/C=C\C(=O)Nc2ccn(C)n2)c(C)n1C1CCCCC1. The second-order valence-corrected chi connectivity index (χ2v) is 6.69. The number of nitrogens with zero attached hydrogens (tertiary/aromatic N) is 3. The number of aromatic nitrogens is 3. The van der Waals surface area contributed by atoms with Crippen molar-refractivity contribution in [1.29, 1.82) is 0 Å². The van der Waals surface area contributed by atoms with Crippen LogP contribution in [0.4, 0.5) is 5.82 Å². The van der Waals surface area contributed by atoms with E-state index in [0.29, 0.717) is 11.9 Å². The molecule has 5 heteroatoms. The van der Waals surface area contributed by atoms with Gasteiger partial charge in [0.2, 0.25) is 5.91 Å². The fourth-order valence-electron chi connectivity index (χ4n) is 3.69. The fourth-order valence-corrected chi connectivity index (χ4v) is 3.69. The van der Waals surface area contributed by atoms with Gasteiger partial charge >= 0.3 is 0 Å². The van der Waals surface area contributed by atoms with Crippen molar-refractivity contribution in [3.8, 4) is 0 Å². The molecular weight excluding hydrogens is 300 g/mol. The zero-order valence-corrected chi connectivity index (χ0v) is 14.7. The van der Waals surface area contributed by atoms with Crippen LogP contribution in [-0.4, -0.2) is 20.3 Å². The summed E-state index contributed by atoms with van der Waals surface area (Å²) in [6.07, 6.45) is 11.8. The van der Waals surface area contributed by atoms with Crippen LogP contribution in [-0.2, 0) is 11.8 Å². The second-order valence-electron chi connectivity index (χ2n) is 6.69. The third-order valence-corrected chi connectivity index (χ3v) is 4.84. The van der Waals surface area contributed by atoms with E-state index in [1.54, 1.807) is 23.0 Å². The Bertz CT molecular complexity index is 748. The van der Waals surface area contributed by atoms with Crippen molar-refractivity contribution in [3.63, 3.8) is 0 Å². The third-order valence-electron chi connectivity index (χ3n) is 4.84. The summed E-state index contributed by atoms with van der Waals surface area (Å²) >= 11 is 0. The minimum atomic E-state index is -0.156. The lowest BCUT2D eigenvalue weighted by atomic mass is 9.95. The molecule has 0 aromatic carbocycles. The zero-order valence-electron chi connectivity index (χ0n) is 14.7. The number of rotatable bonds is 4. The average Bonchev–Trinajstić information content (AvgIpc) is 3.09. The highest BCUT2D eigenvalue weighted by molar-refractivity contribution is 6.01. The topological polar surface area (TPSA) is 51.9 Å². The molecule has 0 bridgehead atoms. The molecule has 0 atom stereocenters. The van der Waals surface area contributed by atoms with Crippen molar-refractivity contribution in [2.75, 3.05) is 5.32 Å². The minimum Gasteiger partial charge on any atom is -0.346 e. The molecule has 0 aliphatic heterocycles. The predicted octanol–water partition coefficient (Wildman–Crippen LogP) is 4.00. The van der Waals surface area contributed by atoms with Gasteiger partial charge in [0.05, 0.1) is 0 Å². The lowest BCUT2D eigenvalue weighted by Crippen LogP contribution is -2.15. The average molecular weight is 326 g/mol. The Balaban J connectivity index is 1.71. The van der Waals surface area contributed by atoms with Crippen molar-refractivity contribution in [3.05, 3.63) is 41.4 Å². The van der Waals surface area contributed by atoms with E-state index in [2.05, 4.69) is 34.9 Å². The molecule has 0 saturated heterocycles. The first-order valence-electron chi connectivity index (χ1n) is 8.72. The van der Waals surface area contributed by atoms with Gasteiger partial charge in [0.15, 0.2) is 5.82 Å². The van der Waals surface area contributed by atoms with E-state index in [0.717, 1.165) is 5.56 Å². The third kappa shape index (κ3) is 3.61. The van der Waals surface area contributed by atoms with E-state index in [9.17, 15) is 4.79 Å². The predicted molar refractivity (Wildman–Crippen MR) is 96.9 cm³/mol. The van der Waals surface area contributed by atoms with Crippen LogP contribution in [0.15, 0.2) is 24.4 Å². The molecule has 1 aliphatic rings. The summed E-state index contributed by atoms with van der Waals surface area (Å²) < 4.78 is 4.12. The monoisotopic (exact) mass is 326 g/mol. The highest BCUT2D eigenvalue weighted by atomic mass is 16.1. The number of aryl methyl sites for hydroxylation is 2. The summed E-state index contributed by atoms with van der Waals surface area (Å²) in [5.74, 6) is 0.413. The molecule has 1 N–H and O–H groups in total. The molecule has 1 fully saturated rings. The van der Waals surface area contributed by atoms with Gasteiger partial charge in [-0.25, -0.2) is 0 Å².